The molecule has 3 unspecified atom stereocenters. The normalized spacial score (nSPS) is 16.1. The van der Waals surface area contributed by atoms with E-state index in [9.17, 15) is 9.59 Å². The molecule has 0 N–H and O–H groups in total. The Balaban J connectivity index is 0.00000133. The molecule has 2 heterocycles. The zero-order chi connectivity index (χ0) is 41.1. The van der Waals surface area contributed by atoms with Crippen LogP contribution in [0, 0.1) is 0 Å². The van der Waals surface area contributed by atoms with Crippen molar-refractivity contribution in [1.29, 1.82) is 0 Å². The van der Waals surface area contributed by atoms with Crippen LogP contribution < -0.4 is 28.7 Å². The molecule has 1 aliphatic heterocycles. The molecule has 0 fully saturated rings. The second-order valence-electron chi connectivity index (χ2n) is 16.2. The minimum Gasteiger partial charge on any atom is -1.00 e. The van der Waals surface area contributed by atoms with Crippen molar-refractivity contribution in [3.63, 3.8) is 0 Å². The summed E-state index contributed by atoms with van der Waals surface area (Å²) in [7, 11) is 2.21. The predicted octanol–water partition coefficient (Wildman–Crippen LogP) is 11.1. The smallest absolute Gasteiger partial charge is 0.310 e. The molecule has 3 atom stereocenters. The lowest BCUT2D eigenvalue weighted by atomic mass is 10.0. The zero-order valence-corrected chi connectivity index (χ0v) is 41.1. The first-order chi connectivity index (χ1) is 27.2. The molecule has 0 saturated heterocycles. The van der Waals surface area contributed by atoms with Gasteiger partial charge in [0.1, 0.15) is 12.2 Å². The van der Waals surface area contributed by atoms with Gasteiger partial charge in [0.05, 0.1) is 31.9 Å². The Morgan fingerprint density at radius 2 is 1.12 bits per heavy atom. The molecule has 2 rings (SSSR count). The standard InChI is InChI=1S/C30H54N3O3S.C16H31ClO2.HI/c1-5-8-10-12-13-14-15-16-17-18-22-28(34)36-27(7-3)33(4)23-20-21-26(25-33)29-30(32-37-31-29)35-24-19-11-9-6-2;1-3-5-6-7-8-9-10-11-12-13-14-16(18)19-15(17)4-2;/h21,27H,5-20,22-25H2,1-4H3;15H,3-14H2,1-2H3;1H/q+1;;/p-1. The van der Waals surface area contributed by atoms with Crippen molar-refractivity contribution in [2.24, 2.45) is 0 Å². The number of hydrogen-bond donors (Lipinski definition) is 0. The summed E-state index contributed by atoms with van der Waals surface area (Å²) in [6.45, 7) is 13.2. The summed E-state index contributed by atoms with van der Waals surface area (Å²) in [5, 5.41) is 0. The SMILES string of the molecule is CCCCCCCCCCCCC(=O)OC(CC)[N+]1(C)CCC=C(c2nsnc2OCCCCCC)C1.CCCCCCCCCCCCC(=O)OC(Cl)CC.[I-]. The fraction of sp³-hybridized carbons (Fsp3) is 0.870. The van der Waals surface area contributed by atoms with Crippen LogP contribution in [0.15, 0.2) is 6.08 Å². The second-order valence-corrected chi connectivity index (χ2v) is 17.2. The highest BCUT2D eigenvalue weighted by molar-refractivity contribution is 6.99. The number of ether oxygens (including phenoxy) is 3. The van der Waals surface area contributed by atoms with E-state index >= 15 is 0 Å². The van der Waals surface area contributed by atoms with Crippen molar-refractivity contribution in [3.8, 4) is 5.88 Å². The summed E-state index contributed by atoms with van der Waals surface area (Å²) in [4.78, 5) is 24.0. The molecule has 8 nitrogen and oxygen atoms in total. The molecule has 1 aromatic heterocycles. The number of aromatic nitrogens is 2. The summed E-state index contributed by atoms with van der Waals surface area (Å²) in [5.74, 6) is 0.460. The summed E-state index contributed by atoms with van der Waals surface area (Å²) >= 11 is 6.97. The first-order valence-electron chi connectivity index (χ1n) is 23.3. The van der Waals surface area contributed by atoms with Gasteiger partial charge in [-0.15, -0.1) is 4.37 Å². The van der Waals surface area contributed by atoms with E-state index < -0.39 is 5.56 Å². The van der Waals surface area contributed by atoms with Gasteiger partial charge in [-0.3, -0.25) is 14.1 Å². The number of quaternary nitrogens is 1. The third-order valence-electron chi connectivity index (χ3n) is 10.9. The molecule has 0 radical (unpaired) electrons. The van der Waals surface area contributed by atoms with Crippen LogP contribution in [0.4, 0.5) is 0 Å². The average Bonchev–Trinajstić information content (AvgIpc) is 3.67. The van der Waals surface area contributed by atoms with Gasteiger partial charge in [-0.25, -0.2) is 0 Å². The Labute approximate surface area is 376 Å². The third kappa shape index (κ3) is 28.2. The Morgan fingerprint density at radius 3 is 1.60 bits per heavy atom. The number of hydrogen-bond acceptors (Lipinski definition) is 8. The molecule has 334 valence electrons. The molecule has 0 amide bonds. The topological polar surface area (TPSA) is 87.6 Å². The van der Waals surface area contributed by atoms with Crippen LogP contribution in [0.5, 0.6) is 5.88 Å². The minimum atomic E-state index is -0.448. The monoisotopic (exact) mass is 953 g/mol. The highest BCUT2D eigenvalue weighted by Crippen LogP contribution is 2.32. The number of likely N-dealkylation sites (N-methyl/N-ethyl adjacent to an activating group) is 1. The predicted molar refractivity (Wildman–Crippen MR) is 237 cm³/mol. The number of unbranched alkanes of at least 4 members (excludes halogenated alkanes) is 21. The highest BCUT2D eigenvalue weighted by atomic mass is 127. The number of esters is 2. The fourth-order valence-corrected chi connectivity index (χ4v) is 7.94. The molecular weight excluding hydrogens is 869 g/mol. The van der Waals surface area contributed by atoms with Gasteiger partial charge in [-0.1, -0.05) is 187 Å². The molecule has 1 aliphatic rings. The van der Waals surface area contributed by atoms with E-state index in [-0.39, 0.29) is 42.1 Å². The van der Waals surface area contributed by atoms with Gasteiger partial charge < -0.3 is 38.2 Å². The number of nitrogens with zero attached hydrogens (tertiary/aromatic N) is 3. The van der Waals surface area contributed by atoms with Crippen LogP contribution in [0.3, 0.4) is 0 Å². The van der Waals surface area contributed by atoms with E-state index in [1.165, 1.54) is 134 Å². The van der Waals surface area contributed by atoms with Crippen LogP contribution >= 0.6 is 23.3 Å². The Kier molecular flexibility index (Phi) is 37.3. The maximum Gasteiger partial charge on any atom is 0.310 e. The van der Waals surface area contributed by atoms with Gasteiger partial charge in [0, 0.05) is 31.3 Å². The molecule has 0 bridgehead atoms. The first-order valence-corrected chi connectivity index (χ1v) is 24.4. The largest absolute Gasteiger partial charge is 1.00 e. The lowest BCUT2D eigenvalue weighted by Gasteiger charge is -2.42. The van der Waals surface area contributed by atoms with E-state index in [1.54, 1.807) is 0 Å². The molecule has 57 heavy (non-hydrogen) atoms. The number of carbonyl (C=O) groups is 2. The number of rotatable bonds is 34. The van der Waals surface area contributed by atoms with Crippen molar-refractivity contribution < 1.29 is 52.3 Å². The summed E-state index contributed by atoms with van der Waals surface area (Å²) in [6.07, 6.45) is 35.7. The van der Waals surface area contributed by atoms with Gasteiger partial charge >= 0.3 is 11.9 Å². The molecule has 0 saturated carbocycles. The third-order valence-corrected chi connectivity index (χ3v) is 11.8. The number of halogens is 2. The van der Waals surface area contributed by atoms with Crippen LogP contribution in [0.1, 0.15) is 227 Å². The van der Waals surface area contributed by atoms with Gasteiger partial charge in [0.15, 0.2) is 5.56 Å². The maximum atomic E-state index is 12.7. The summed E-state index contributed by atoms with van der Waals surface area (Å²) in [5.41, 5.74) is 1.59. The van der Waals surface area contributed by atoms with Crippen molar-refractivity contribution in [3.05, 3.63) is 11.8 Å². The fourth-order valence-electron chi connectivity index (χ4n) is 7.31. The van der Waals surface area contributed by atoms with Crippen molar-refractivity contribution in [2.75, 3.05) is 26.7 Å². The zero-order valence-electron chi connectivity index (χ0n) is 37.4. The number of alkyl halides is 1. The van der Waals surface area contributed by atoms with Crippen LogP contribution in [-0.2, 0) is 19.1 Å². The Bertz CT molecular complexity index is 1140. The van der Waals surface area contributed by atoms with Gasteiger partial charge in [-0.2, -0.15) is 4.37 Å². The van der Waals surface area contributed by atoms with Crippen LogP contribution in [0.25, 0.3) is 5.57 Å². The molecule has 0 aromatic carbocycles. The molecule has 1 aromatic rings. The lowest BCUT2D eigenvalue weighted by Crippen LogP contribution is -3.00. The van der Waals surface area contributed by atoms with E-state index in [0.29, 0.717) is 36.2 Å². The lowest BCUT2D eigenvalue weighted by molar-refractivity contribution is -0.947. The van der Waals surface area contributed by atoms with Crippen LogP contribution in [-0.4, -0.2) is 63.7 Å². The van der Waals surface area contributed by atoms with Crippen molar-refractivity contribution >= 4 is 40.8 Å². The summed E-state index contributed by atoms with van der Waals surface area (Å²) in [6, 6.07) is 0. The Hall–Kier alpha value is -0.980. The quantitative estimate of drug-likeness (QED) is 0.0224. The van der Waals surface area contributed by atoms with Crippen LogP contribution in [0.2, 0.25) is 0 Å². The number of carbonyl (C=O) groups excluding carboxylic acids is 2. The minimum absolute atomic E-state index is 0. The molecular formula is C46H85ClIN3O5S. The van der Waals surface area contributed by atoms with Gasteiger partial charge in [-0.05, 0) is 25.7 Å². The maximum absolute atomic E-state index is 12.7. The average molecular weight is 955 g/mol. The molecule has 0 spiro atoms. The second kappa shape index (κ2) is 38.0. The highest BCUT2D eigenvalue weighted by Gasteiger charge is 2.38. The van der Waals surface area contributed by atoms with Crippen molar-refractivity contribution in [1.82, 2.24) is 8.75 Å². The Morgan fingerprint density at radius 1 is 0.667 bits per heavy atom. The van der Waals surface area contributed by atoms with E-state index in [4.69, 9.17) is 25.8 Å². The molecule has 0 aliphatic carbocycles. The first kappa shape index (κ1) is 56.0. The van der Waals surface area contributed by atoms with E-state index in [1.807, 2.05) is 6.92 Å². The van der Waals surface area contributed by atoms with E-state index in [0.717, 1.165) is 69.3 Å². The van der Waals surface area contributed by atoms with Gasteiger partial charge in [0.25, 0.3) is 5.88 Å². The van der Waals surface area contributed by atoms with Crippen molar-refractivity contribution in [2.45, 2.75) is 233 Å². The van der Waals surface area contributed by atoms with E-state index in [2.05, 4.69) is 49.6 Å². The summed E-state index contributed by atoms with van der Waals surface area (Å²) < 4.78 is 26.8. The van der Waals surface area contributed by atoms with Gasteiger partial charge in [0.2, 0.25) is 6.23 Å². The molecule has 11 heteroatoms.